The minimum atomic E-state index is 0. The Balaban J connectivity index is 0.00000243. The second kappa shape index (κ2) is 11.0. The SMILES string of the molecule is CN=C(NCC1CCCN(C(C)C)C1)N1CCOC(C2CCCO2)C1.I. The van der Waals surface area contributed by atoms with E-state index in [0.29, 0.717) is 12.0 Å². The van der Waals surface area contributed by atoms with E-state index in [4.69, 9.17) is 9.47 Å². The second-order valence-electron chi connectivity index (χ2n) is 7.93. The van der Waals surface area contributed by atoms with E-state index < -0.39 is 0 Å². The molecule has 0 saturated carbocycles. The third-order valence-corrected chi connectivity index (χ3v) is 5.81. The number of hydrogen-bond donors (Lipinski definition) is 1. The molecule has 3 atom stereocenters. The fraction of sp³-hybridized carbons (Fsp3) is 0.947. The predicted molar refractivity (Wildman–Crippen MR) is 116 cm³/mol. The van der Waals surface area contributed by atoms with Gasteiger partial charge in [-0.05, 0) is 52.0 Å². The van der Waals surface area contributed by atoms with Gasteiger partial charge in [0.25, 0.3) is 0 Å². The number of halogens is 1. The Morgan fingerprint density at radius 1 is 1.08 bits per heavy atom. The van der Waals surface area contributed by atoms with Crippen LogP contribution in [0, 0.1) is 5.92 Å². The quantitative estimate of drug-likeness (QED) is 0.380. The number of nitrogens with zero attached hydrogens (tertiary/aromatic N) is 3. The fourth-order valence-electron chi connectivity index (χ4n) is 4.29. The smallest absolute Gasteiger partial charge is 0.193 e. The Kier molecular flexibility index (Phi) is 9.40. The molecule has 7 heteroatoms. The molecule has 3 heterocycles. The van der Waals surface area contributed by atoms with Crippen LogP contribution in [0.4, 0.5) is 0 Å². The van der Waals surface area contributed by atoms with E-state index in [1.807, 2.05) is 7.05 Å². The van der Waals surface area contributed by atoms with Gasteiger partial charge in [-0.25, -0.2) is 0 Å². The standard InChI is InChI=1S/C19H36N4O2.HI/c1-15(2)22-8-4-6-16(13-22)12-21-19(20-3)23-9-11-25-18(14-23)17-7-5-10-24-17;/h15-18H,4-14H2,1-3H3,(H,20,21);1H. The molecular weight excluding hydrogens is 443 g/mol. The third-order valence-electron chi connectivity index (χ3n) is 5.81. The van der Waals surface area contributed by atoms with Gasteiger partial charge in [-0.3, -0.25) is 4.99 Å². The van der Waals surface area contributed by atoms with Crippen molar-refractivity contribution in [3.63, 3.8) is 0 Å². The lowest BCUT2D eigenvalue weighted by Gasteiger charge is -2.38. The molecule has 6 nitrogen and oxygen atoms in total. The Bertz CT molecular complexity index is 443. The maximum atomic E-state index is 5.97. The maximum Gasteiger partial charge on any atom is 0.193 e. The van der Waals surface area contributed by atoms with Crippen molar-refractivity contribution in [3.8, 4) is 0 Å². The van der Waals surface area contributed by atoms with Crippen LogP contribution >= 0.6 is 24.0 Å². The molecule has 0 bridgehead atoms. The van der Waals surface area contributed by atoms with E-state index >= 15 is 0 Å². The summed E-state index contributed by atoms with van der Waals surface area (Å²) in [4.78, 5) is 9.48. The second-order valence-corrected chi connectivity index (χ2v) is 7.93. The summed E-state index contributed by atoms with van der Waals surface area (Å²) in [6.45, 7) is 11.5. The zero-order valence-corrected chi connectivity index (χ0v) is 19.0. The van der Waals surface area contributed by atoms with Crippen molar-refractivity contribution in [2.75, 3.05) is 53.0 Å². The van der Waals surface area contributed by atoms with E-state index in [2.05, 4.69) is 34.0 Å². The minimum absolute atomic E-state index is 0. The maximum absolute atomic E-state index is 5.97. The highest BCUT2D eigenvalue weighted by molar-refractivity contribution is 14.0. The summed E-state index contributed by atoms with van der Waals surface area (Å²) in [5.74, 6) is 1.73. The summed E-state index contributed by atoms with van der Waals surface area (Å²) >= 11 is 0. The van der Waals surface area contributed by atoms with Gasteiger partial charge in [0.05, 0.1) is 12.7 Å². The molecule has 0 spiro atoms. The Labute approximate surface area is 176 Å². The van der Waals surface area contributed by atoms with Crippen molar-refractivity contribution in [2.24, 2.45) is 10.9 Å². The van der Waals surface area contributed by atoms with Gasteiger partial charge in [0, 0.05) is 45.9 Å². The zero-order chi connectivity index (χ0) is 17.6. The molecule has 3 unspecified atom stereocenters. The highest BCUT2D eigenvalue weighted by atomic mass is 127. The monoisotopic (exact) mass is 480 g/mol. The van der Waals surface area contributed by atoms with Gasteiger partial charge in [0.2, 0.25) is 0 Å². The molecule has 3 rings (SSSR count). The fourth-order valence-corrected chi connectivity index (χ4v) is 4.29. The molecule has 152 valence electrons. The minimum Gasteiger partial charge on any atom is -0.375 e. The summed E-state index contributed by atoms with van der Waals surface area (Å²) < 4.78 is 11.8. The number of aliphatic imine (C=N–C) groups is 1. The molecule has 0 aliphatic carbocycles. The molecule has 0 aromatic heterocycles. The van der Waals surface area contributed by atoms with Crippen LogP contribution in [0.5, 0.6) is 0 Å². The van der Waals surface area contributed by atoms with E-state index in [9.17, 15) is 0 Å². The molecule has 3 aliphatic heterocycles. The Hall–Kier alpha value is -0.120. The average molecular weight is 480 g/mol. The summed E-state index contributed by atoms with van der Waals surface area (Å²) in [5.41, 5.74) is 0. The summed E-state index contributed by atoms with van der Waals surface area (Å²) in [5, 5.41) is 3.63. The number of guanidine groups is 1. The van der Waals surface area contributed by atoms with Crippen molar-refractivity contribution in [3.05, 3.63) is 0 Å². The van der Waals surface area contributed by atoms with E-state index in [-0.39, 0.29) is 36.2 Å². The van der Waals surface area contributed by atoms with Crippen LogP contribution in [0.1, 0.15) is 39.5 Å². The number of rotatable bonds is 4. The molecule has 1 N–H and O–H groups in total. The van der Waals surface area contributed by atoms with Crippen LogP contribution in [-0.4, -0.2) is 87.0 Å². The van der Waals surface area contributed by atoms with Crippen LogP contribution in [-0.2, 0) is 9.47 Å². The highest BCUT2D eigenvalue weighted by Gasteiger charge is 2.32. The number of piperidine rings is 1. The van der Waals surface area contributed by atoms with Crippen molar-refractivity contribution < 1.29 is 9.47 Å². The van der Waals surface area contributed by atoms with E-state index in [0.717, 1.165) is 51.6 Å². The van der Waals surface area contributed by atoms with Gasteiger partial charge in [-0.1, -0.05) is 0 Å². The van der Waals surface area contributed by atoms with Crippen LogP contribution in [0.3, 0.4) is 0 Å². The lowest BCUT2D eigenvalue weighted by Crippen LogP contribution is -2.54. The van der Waals surface area contributed by atoms with Gasteiger partial charge in [-0.2, -0.15) is 0 Å². The molecule has 0 aromatic rings. The van der Waals surface area contributed by atoms with Crippen LogP contribution in [0.25, 0.3) is 0 Å². The van der Waals surface area contributed by atoms with Crippen LogP contribution in [0.2, 0.25) is 0 Å². The van der Waals surface area contributed by atoms with Crippen LogP contribution in [0.15, 0.2) is 4.99 Å². The lowest BCUT2D eigenvalue weighted by atomic mass is 9.97. The van der Waals surface area contributed by atoms with Crippen molar-refractivity contribution in [1.82, 2.24) is 15.1 Å². The highest BCUT2D eigenvalue weighted by Crippen LogP contribution is 2.21. The number of morpholine rings is 1. The molecule has 0 aromatic carbocycles. The Morgan fingerprint density at radius 3 is 2.58 bits per heavy atom. The molecular formula is C19H37IN4O2. The number of hydrogen-bond acceptors (Lipinski definition) is 4. The molecule has 0 radical (unpaired) electrons. The van der Waals surface area contributed by atoms with Gasteiger partial charge in [0.15, 0.2) is 5.96 Å². The van der Waals surface area contributed by atoms with Gasteiger partial charge < -0.3 is 24.6 Å². The van der Waals surface area contributed by atoms with E-state index in [1.165, 1.54) is 25.9 Å². The largest absolute Gasteiger partial charge is 0.375 e. The molecule has 3 saturated heterocycles. The molecule has 3 aliphatic rings. The van der Waals surface area contributed by atoms with Gasteiger partial charge in [0.1, 0.15) is 6.10 Å². The van der Waals surface area contributed by atoms with Crippen molar-refractivity contribution in [2.45, 2.75) is 57.8 Å². The first-order valence-corrected chi connectivity index (χ1v) is 10.1. The molecule has 0 amide bonds. The van der Waals surface area contributed by atoms with Crippen LogP contribution < -0.4 is 5.32 Å². The first-order chi connectivity index (χ1) is 12.2. The van der Waals surface area contributed by atoms with Crippen molar-refractivity contribution in [1.29, 1.82) is 0 Å². The zero-order valence-electron chi connectivity index (χ0n) is 16.7. The predicted octanol–water partition coefficient (Wildman–Crippen LogP) is 2.18. The summed E-state index contributed by atoms with van der Waals surface area (Å²) in [7, 11) is 1.89. The first-order valence-electron chi connectivity index (χ1n) is 10.1. The summed E-state index contributed by atoms with van der Waals surface area (Å²) in [6.07, 6.45) is 5.35. The topological polar surface area (TPSA) is 49.3 Å². The number of nitrogens with one attached hydrogen (secondary N) is 1. The lowest BCUT2D eigenvalue weighted by molar-refractivity contribution is -0.0817. The first kappa shape index (κ1) is 22.2. The van der Waals surface area contributed by atoms with E-state index in [1.54, 1.807) is 0 Å². The average Bonchev–Trinajstić information content (AvgIpc) is 3.17. The normalized spacial score (nSPS) is 31.2. The van der Waals surface area contributed by atoms with Crippen molar-refractivity contribution >= 4 is 29.9 Å². The van der Waals surface area contributed by atoms with Gasteiger partial charge >= 0.3 is 0 Å². The van der Waals surface area contributed by atoms with Gasteiger partial charge in [-0.15, -0.1) is 24.0 Å². The Morgan fingerprint density at radius 2 is 1.88 bits per heavy atom. The number of ether oxygens (including phenoxy) is 2. The third kappa shape index (κ3) is 5.94. The number of likely N-dealkylation sites (tertiary alicyclic amines) is 1. The molecule has 26 heavy (non-hydrogen) atoms. The summed E-state index contributed by atoms with van der Waals surface area (Å²) in [6, 6.07) is 0.647. The molecule has 3 fully saturated rings.